The Morgan fingerprint density at radius 3 is 2.32 bits per heavy atom. The maximum Gasteiger partial charge on any atom is 0.273 e. The highest BCUT2D eigenvalue weighted by atomic mass is 32.2. The SMILES string of the molecule is O=C(CCc1ccccc1-c1cccc(OCC(OCCCc2ccccc2)c2ccccc2)c1)NS(=O)(=O)c1cccs1. The average molecular weight is 626 g/mol. The van der Waals surface area contributed by atoms with Crippen LogP contribution in [-0.2, 0) is 32.4 Å². The van der Waals surface area contributed by atoms with Gasteiger partial charge in [0.25, 0.3) is 10.0 Å². The molecule has 0 fully saturated rings. The number of thiophene rings is 1. The first-order valence-corrected chi connectivity index (χ1v) is 16.9. The molecule has 8 heteroatoms. The van der Waals surface area contributed by atoms with Gasteiger partial charge in [-0.1, -0.05) is 103 Å². The van der Waals surface area contributed by atoms with Gasteiger partial charge in [-0.3, -0.25) is 4.79 Å². The van der Waals surface area contributed by atoms with Crippen molar-refractivity contribution in [1.29, 1.82) is 0 Å². The van der Waals surface area contributed by atoms with Gasteiger partial charge in [-0.2, -0.15) is 0 Å². The number of benzene rings is 4. The van der Waals surface area contributed by atoms with Crippen molar-refractivity contribution in [2.75, 3.05) is 13.2 Å². The molecule has 0 aliphatic carbocycles. The molecular weight excluding hydrogens is 591 g/mol. The highest BCUT2D eigenvalue weighted by Gasteiger charge is 2.19. The second-order valence-corrected chi connectivity index (χ2v) is 13.2. The van der Waals surface area contributed by atoms with Crippen LogP contribution in [-0.4, -0.2) is 27.5 Å². The third kappa shape index (κ3) is 8.89. The fraction of sp³-hybridized carbons (Fsp3) is 0.194. The summed E-state index contributed by atoms with van der Waals surface area (Å²) in [7, 11) is -3.85. The molecule has 1 amide bonds. The van der Waals surface area contributed by atoms with Crippen LogP contribution in [0, 0.1) is 0 Å². The summed E-state index contributed by atoms with van der Waals surface area (Å²) in [5, 5.41) is 1.66. The molecule has 1 unspecified atom stereocenters. The first kappa shape index (κ1) is 31.2. The van der Waals surface area contributed by atoms with Crippen LogP contribution >= 0.6 is 11.3 Å². The second kappa shape index (κ2) is 15.5. The molecule has 5 aromatic rings. The lowest BCUT2D eigenvalue weighted by Gasteiger charge is -2.20. The Bertz CT molecular complexity index is 1720. The highest BCUT2D eigenvalue weighted by Crippen LogP contribution is 2.29. The van der Waals surface area contributed by atoms with Crippen LogP contribution in [0.3, 0.4) is 0 Å². The highest BCUT2D eigenvalue weighted by molar-refractivity contribution is 7.92. The second-order valence-electron chi connectivity index (χ2n) is 10.3. The van der Waals surface area contributed by atoms with Crippen molar-refractivity contribution >= 4 is 27.3 Å². The van der Waals surface area contributed by atoms with Crippen molar-refractivity contribution < 1.29 is 22.7 Å². The summed E-state index contributed by atoms with van der Waals surface area (Å²) in [5.74, 6) is 0.173. The lowest BCUT2D eigenvalue weighted by Crippen LogP contribution is -2.30. The number of aryl methyl sites for hydroxylation is 2. The maximum absolute atomic E-state index is 12.5. The average Bonchev–Trinajstić information content (AvgIpc) is 3.61. The molecule has 44 heavy (non-hydrogen) atoms. The summed E-state index contributed by atoms with van der Waals surface area (Å²) in [6, 6.07) is 39.3. The monoisotopic (exact) mass is 625 g/mol. The van der Waals surface area contributed by atoms with E-state index in [2.05, 4.69) is 41.1 Å². The summed E-state index contributed by atoms with van der Waals surface area (Å²) >= 11 is 1.07. The Hall–Kier alpha value is -4.24. The molecule has 1 aromatic heterocycles. The summed E-state index contributed by atoms with van der Waals surface area (Å²) in [6.07, 6.45) is 2.08. The van der Waals surface area contributed by atoms with Crippen LogP contribution in [0.4, 0.5) is 0 Å². The van der Waals surface area contributed by atoms with Gasteiger partial charge in [-0.15, -0.1) is 11.3 Å². The Labute approximate surface area is 263 Å². The number of sulfonamides is 1. The van der Waals surface area contributed by atoms with E-state index in [1.807, 2.05) is 72.8 Å². The largest absolute Gasteiger partial charge is 0.490 e. The van der Waals surface area contributed by atoms with E-state index in [1.165, 1.54) is 11.6 Å². The molecule has 0 aliphatic rings. The zero-order chi connectivity index (χ0) is 30.6. The van der Waals surface area contributed by atoms with Crippen molar-refractivity contribution in [2.45, 2.75) is 36.0 Å². The minimum Gasteiger partial charge on any atom is -0.490 e. The van der Waals surface area contributed by atoms with Gasteiger partial charge in [-0.25, -0.2) is 13.1 Å². The Morgan fingerprint density at radius 1 is 0.795 bits per heavy atom. The molecule has 1 heterocycles. The predicted molar refractivity (Wildman–Crippen MR) is 175 cm³/mol. The zero-order valence-electron chi connectivity index (χ0n) is 24.3. The normalized spacial score (nSPS) is 12.0. The first-order valence-electron chi connectivity index (χ1n) is 14.6. The van der Waals surface area contributed by atoms with E-state index in [0.29, 0.717) is 25.4 Å². The predicted octanol–water partition coefficient (Wildman–Crippen LogP) is 7.62. The molecule has 0 bridgehead atoms. The van der Waals surface area contributed by atoms with Crippen LogP contribution in [0.2, 0.25) is 0 Å². The van der Waals surface area contributed by atoms with Gasteiger partial charge in [0.2, 0.25) is 5.91 Å². The number of carbonyl (C=O) groups is 1. The van der Waals surface area contributed by atoms with E-state index < -0.39 is 15.9 Å². The topological polar surface area (TPSA) is 81.7 Å². The molecule has 0 spiro atoms. The van der Waals surface area contributed by atoms with E-state index >= 15 is 0 Å². The molecule has 1 atom stereocenters. The Balaban J connectivity index is 1.21. The van der Waals surface area contributed by atoms with E-state index in [1.54, 1.807) is 11.4 Å². The number of rotatable bonds is 15. The smallest absolute Gasteiger partial charge is 0.273 e. The van der Waals surface area contributed by atoms with Gasteiger partial charge in [0, 0.05) is 13.0 Å². The fourth-order valence-corrected chi connectivity index (χ4v) is 6.92. The maximum atomic E-state index is 12.5. The van der Waals surface area contributed by atoms with E-state index in [4.69, 9.17) is 9.47 Å². The summed E-state index contributed by atoms with van der Waals surface area (Å²) in [5.41, 5.74) is 5.21. The van der Waals surface area contributed by atoms with Crippen molar-refractivity contribution in [3.63, 3.8) is 0 Å². The number of carbonyl (C=O) groups excluding carboxylic acids is 1. The molecule has 0 radical (unpaired) electrons. The molecule has 0 saturated heterocycles. The van der Waals surface area contributed by atoms with Gasteiger partial charge in [0.1, 0.15) is 22.7 Å². The van der Waals surface area contributed by atoms with Crippen molar-refractivity contribution in [3.05, 3.63) is 143 Å². The first-order chi connectivity index (χ1) is 21.5. The number of ether oxygens (including phenoxy) is 2. The van der Waals surface area contributed by atoms with E-state index in [-0.39, 0.29) is 16.7 Å². The summed E-state index contributed by atoms with van der Waals surface area (Å²) in [4.78, 5) is 12.5. The molecule has 226 valence electrons. The molecule has 4 aromatic carbocycles. The van der Waals surface area contributed by atoms with Crippen LogP contribution in [0.15, 0.2) is 131 Å². The molecule has 6 nitrogen and oxygen atoms in total. The molecule has 0 aliphatic heterocycles. The van der Waals surface area contributed by atoms with E-state index in [0.717, 1.165) is 46.4 Å². The van der Waals surface area contributed by atoms with E-state index in [9.17, 15) is 13.2 Å². The number of hydrogen-bond acceptors (Lipinski definition) is 6. The standard InChI is InChI=1S/C36H35NO5S2/c38-35(37-44(39,40)36-21-11-25-43-36)23-22-29-15-7-8-20-33(29)31-18-9-19-32(26-31)42-27-34(30-16-5-2-6-17-30)41-24-10-14-28-12-3-1-4-13-28/h1-9,11-13,15-21,25-26,34H,10,14,22-24,27H2,(H,37,38). The minimum absolute atomic E-state index is 0.0399. The van der Waals surface area contributed by atoms with Crippen LogP contribution < -0.4 is 9.46 Å². The number of nitrogens with one attached hydrogen (secondary N) is 1. The third-order valence-corrected chi connectivity index (χ3v) is 9.91. The van der Waals surface area contributed by atoms with Gasteiger partial charge in [-0.05, 0) is 70.7 Å². The summed E-state index contributed by atoms with van der Waals surface area (Å²) in [6.45, 7) is 0.979. The minimum atomic E-state index is -3.85. The van der Waals surface area contributed by atoms with Gasteiger partial charge in [0.05, 0.1) is 0 Å². The van der Waals surface area contributed by atoms with Gasteiger partial charge >= 0.3 is 0 Å². The Morgan fingerprint density at radius 2 is 1.55 bits per heavy atom. The van der Waals surface area contributed by atoms with Gasteiger partial charge in [0.15, 0.2) is 0 Å². The fourth-order valence-electron chi connectivity index (χ4n) is 4.92. The molecule has 5 rings (SSSR count). The quantitative estimate of drug-likeness (QED) is 0.121. The summed E-state index contributed by atoms with van der Waals surface area (Å²) < 4.78 is 39.7. The van der Waals surface area contributed by atoms with Crippen LogP contribution in [0.5, 0.6) is 5.75 Å². The molecular formula is C36H35NO5S2. The molecule has 1 N–H and O–H groups in total. The number of amides is 1. The van der Waals surface area contributed by atoms with Crippen LogP contribution in [0.25, 0.3) is 11.1 Å². The zero-order valence-corrected chi connectivity index (χ0v) is 25.9. The third-order valence-electron chi connectivity index (χ3n) is 7.14. The lowest BCUT2D eigenvalue weighted by molar-refractivity contribution is -0.119. The lowest BCUT2D eigenvalue weighted by atomic mass is 9.96. The van der Waals surface area contributed by atoms with Crippen molar-refractivity contribution in [1.82, 2.24) is 4.72 Å². The van der Waals surface area contributed by atoms with Gasteiger partial charge < -0.3 is 9.47 Å². The molecule has 0 saturated carbocycles. The van der Waals surface area contributed by atoms with Crippen LogP contribution in [0.1, 0.15) is 35.6 Å². The Kier molecular flexibility index (Phi) is 11.0. The number of hydrogen-bond donors (Lipinski definition) is 1. The van der Waals surface area contributed by atoms with Crippen molar-refractivity contribution in [3.8, 4) is 16.9 Å². The van der Waals surface area contributed by atoms with Crippen molar-refractivity contribution in [2.24, 2.45) is 0 Å².